The molecule has 2 fully saturated rings. The van der Waals surface area contributed by atoms with Gasteiger partial charge in [-0.15, -0.1) is 12.4 Å². The largest absolute Gasteiger partial charge is 0.386 e. The van der Waals surface area contributed by atoms with Crippen molar-refractivity contribution in [2.24, 2.45) is 0 Å². The highest BCUT2D eigenvalue weighted by Gasteiger charge is 2.38. The van der Waals surface area contributed by atoms with E-state index in [2.05, 4.69) is 5.10 Å². The molecule has 9 heteroatoms. The first-order chi connectivity index (χ1) is 13.4. The summed E-state index contributed by atoms with van der Waals surface area (Å²) in [6.45, 7) is 3.59. The molecule has 2 saturated heterocycles. The molecule has 2 aromatic heterocycles. The molecule has 0 spiro atoms. The number of hydrogen-bond donors (Lipinski definition) is 1. The van der Waals surface area contributed by atoms with Crippen LogP contribution in [0.25, 0.3) is 5.65 Å². The summed E-state index contributed by atoms with van der Waals surface area (Å²) in [5.41, 5.74) is 1.23. The first-order valence-electron chi connectivity index (χ1n) is 9.45. The number of β-amino-alcohol motifs (C(OH)–C–C–N with tert-alkyl or cyclic N) is 1. The fraction of sp³-hybridized carbons (Fsp3) is 0.400. The number of fused-ring (bicyclic) bond motifs is 1. The average Bonchev–Trinajstić information content (AvgIpc) is 3.27. The minimum Gasteiger partial charge on any atom is -0.386 e. The van der Waals surface area contributed by atoms with Crippen LogP contribution in [0.3, 0.4) is 0 Å². The Labute approximate surface area is 173 Å². The molecular weight excluding hydrogens is 400 g/mol. The molecule has 1 atom stereocenters. The molecule has 4 heterocycles. The van der Waals surface area contributed by atoms with E-state index >= 15 is 0 Å². The molecule has 5 rings (SSSR count). The molecule has 1 N–H and O–H groups in total. The van der Waals surface area contributed by atoms with Crippen molar-refractivity contribution in [1.29, 1.82) is 0 Å². The molecule has 0 bridgehead atoms. The zero-order chi connectivity index (χ0) is 19.5. The number of hydrogen-bond acceptors (Lipinski definition) is 5. The van der Waals surface area contributed by atoms with E-state index < -0.39 is 17.2 Å². The predicted molar refractivity (Wildman–Crippen MR) is 109 cm³/mol. The van der Waals surface area contributed by atoms with Crippen LogP contribution in [-0.2, 0) is 0 Å². The Morgan fingerprint density at radius 3 is 2.76 bits per heavy atom. The third-order valence-electron chi connectivity index (χ3n) is 5.60. The van der Waals surface area contributed by atoms with Gasteiger partial charge in [0.25, 0.3) is 0 Å². The van der Waals surface area contributed by atoms with Gasteiger partial charge in [-0.1, -0.05) is 0 Å². The van der Waals surface area contributed by atoms with Gasteiger partial charge in [0, 0.05) is 31.4 Å². The highest BCUT2D eigenvalue weighted by molar-refractivity contribution is 5.85. The summed E-state index contributed by atoms with van der Waals surface area (Å²) in [7, 11) is 0. The standard InChI is InChI=1S/C20H21F2N5O.ClH/c1-20(28)11-25(12-20)17-10-23-27-8-6-18(24-19(17)27)26-7-2-3-16(26)14-9-13(21)4-5-15(14)22;/h4-6,8-10,16,28H,2-3,7,11-12H2,1H3;1H/t16-;/m1./s1. The topological polar surface area (TPSA) is 56.9 Å². The molecular formula is C20H22ClF2N5O. The third-order valence-corrected chi connectivity index (χ3v) is 5.60. The van der Waals surface area contributed by atoms with Crippen molar-refractivity contribution in [3.8, 4) is 0 Å². The maximum absolute atomic E-state index is 14.4. The van der Waals surface area contributed by atoms with Gasteiger partial charge in [0.2, 0.25) is 0 Å². The number of anilines is 2. The number of rotatable bonds is 3. The van der Waals surface area contributed by atoms with E-state index in [1.165, 1.54) is 12.1 Å². The van der Waals surface area contributed by atoms with Crippen LogP contribution in [0.2, 0.25) is 0 Å². The lowest BCUT2D eigenvalue weighted by Gasteiger charge is -2.45. The minimum atomic E-state index is -0.694. The van der Waals surface area contributed by atoms with Crippen LogP contribution < -0.4 is 9.80 Å². The van der Waals surface area contributed by atoms with Gasteiger partial charge >= 0.3 is 0 Å². The summed E-state index contributed by atoms with van der Waals surface area (Å²) in [5, 5.41) is 14.4. The Morgan fingerprint density at radius 1 is 1.21 bits per heavy atom. The summed E-state index contributed by atoms with van der Waals surface area (Å²) in [5.74, 6) is -0.116. The van der Waals surface area contributed by atoms with Crippen LogP contribution in [-0.4, -0.2) is 44.9 Å². The molecule has 2 aliphatic heterocycles. The van der Waals surface area contributed by atoms with Gasteiger partial charge in [0.1, 0.15) is 23.1 Å². The van der Waals surface area contributed by atoms with Gasteiger partial charge in [-0.3, -0.25) is 0 Å². The van der Waals surface area contributed by atoms with E-state index in [1.54, 1.807) is 17.6 Å². The normalized spacial score (nSPS) is 20.6. The number of nitrogens with zero attached hydrogens (tertiary/aromatic N) is 5. The zero-order valence-electron chi connectivity index (χ0n) is 15.9. The van der Waals surface area contributed by atoms with E-state index in [0.717, 1.165) is 31.1 Å². The molecule has 6 nitrogen and oxygen atoms in total. The fourth-order valence-electron chi connectivity index (χ4n) is 4.31. The predicted octanol–water partition coefficient (Wildman–Crippen LogP) is 3.34. The van der Waals surface area contributed by atoms with Crippen LogP contribution in [0, 0.1) is 11.6 Å². The van der Waals surface area contributed by atoms with E-state index in [0.29, 0.717) is 30.1 Å². The molecule has 0 unspecified atom stereocenters. The van der Waals surface area contributed by atoms with E-state index in [9.17, 15) is 13.9 Å². The highest BCUT2D eigenvalue weighted by Crippen LogP contribution is 2.37. The Hall–Kier alpha value is -2.45. The monoisotopic (exact) mass is 421 g/mol. The quantitative estimate of drug-likeness (QED) is 0.703. The smallest absolute Gasteiger partial charge is 0.180 e. The van der Waals surface area contributed by atoms with Crippen LogP contribution in [0.4, 0.5) is 20.3 Å². The second-order valence-electron chi connectivity index (χ2n) is 7.95. The molecule has 154 valence electrons. The van der Waals surface area contributed by atoms with Crippen molar-refractivity contribution in [3.63, 3.8) is 0 Å². The van der Waals surface area contributed by atoms with Gasteiger partial charge in [-0.2, -0.15) is 5.10 Å². The van der Waals surface area contributed by atoms with Crippen LogP contribution in [0.1, 0.15) is 31.4 Å². The Bertz CT molecular complexity index is 1050. The summed E-state index contributed by atoms with van der Waals surface area (Å²) in [6.07, 6.45) is 5.20. The van der Waals surface area contributed by atoms with Crippen LogP contribution >= 0.6 is 12.4 Å². The Balaban J connectivity index is 0.00000205. The Morgan fingerprint density at radius 2 is 2.00 bits per heavy atom. The summed E-state index contributed by atoms with van der Waals surface area (Å²) < 4.78 is 29.8. The Kier molecular flexibility index (Phi) is 4.86. The first kappa shape index (κ1) is 19.8. The van der Waals surface area contributed by atoms with Gasteiger partial charge in [-0.25, -0.2) is 18.3 Å². The summed E-state index contributed by atoms with van der Waals surface area (Å²) in [6, 6.07) is 5.21. The number of halogens is 3. The van der Waals surface area contributed by atoms with Gasteiger partial charge in [0.15, 0.2) is 5.65 Å². The summed E-state index contributed by atoms with van der Waals surface area (Å²) in [4.78, 5) is 8.85. The average molecular weight is 422 g/mol. The maximum atomic E-state index is 14.4. The molecule has 0 amide bonds. The van der Waals surface area contributed by atoms with Crippen molar-refractivity contribution < 1.29 is 13.9 Å². The maximum Gasteiger partial charge on any atom is 0.180 e. The van der Waals surface area contributed by atoms with Gasteiger partial charge in [0.05, 0.1) is 17.8 Å². The molecule has 29 heavy (non-hydrogen) atoms. The van der Waals surface area contributed by atoms with Crippen molar-refractivity contribution >= 4 is 29.6 Å². The fourth-order valence-corrected chi connectivity index (χ4v) is 4.31. The van der Waals surface area contributed by atoms with E-state index in [1.807, 2.05) is 22.1 Å². The first-order valence-corrected chi connectivity index (χ1v) is 9.45. The molecule has 0 aliphatic carbocycles. The molecule has 2 aliphatic rings. The number of aromatic nitrogens is 3. The number of aliphatic hydroxyl groups is 1. The van der Waals surface area contributed by atoms with Crippen molar-refractivity contribution in [1.82, 2.24) is 14.6 Å². The lowest BCUT2D eigenvalue weighted by molar-refractivity contribution is 0.0312. The molecule has 1 aromatic carbocycles. The number of benzene rings is 1. The van der Waals surface area contributed by atoms with Crippen LogP contribution in [0.15, 0.2) is 36.7 Å². The summed E-state index contributed by atoms with van der Waals surface area (Å²) >= 11 is 0. The molecule has 0 radical (unpaired) electrons. The van der Waals surface area contributed by atoms with Crippen molar-refractivity contribution in [2.45, 2.75) is 31.4 Å². The van der Waals surface area contributed by atoms with Gasteiger partial charge in [-0.05, 0) is 44.0 Å². The van der Waals surface area contributed by atoms with E-state index in [4.69, 9.17) is 4.98 Å². The third kappa shape index (κ3) is 3.40. The van der Waals surface area contributed by atoms with Crippen LogP contribution in [0.5, 0.6) is 0 Å². The SMILES string of the molecule is CC1(O)CN(c2cnn3ccc(N4CCC[C@@H]4c4cc(F)ccc4F)nc23)C1.Cl. The lowest BCUT2D eigenvalue weighted by atomic mass is 9.97. The second-order valence-corrected chi connectivity index (χ2v) is 7.95. The minimum absolute atomic E-state index is 0. The highest BCUT2D eigenvalue weighted by atomic mass is 35.5. The molecule has 0 saturated carbocycles. The lowest BCUT2D eigenvalue weighted by Crippen LogP contribution is -2.60. The van der Waals surface area contributed by atoms with E-state index in [-0.39, 0.29) is 18.4 Å². The zero-order valence-corrected chi connectivity index (χ0v) is 16.7. The molecule has 3 aromatic rings. The van der Waals surface area contributed by atoms with Crippen molar-refractivity contribution in [2.75, 3.05) is 29.4 Å². The second kappa shape index (κ2) is 7.11. The van der Waals surface area contributed by atoms with Crippen molar-refractivity contribution in [3.05, 3.63) is 53.9 Å². The van der Waals surface area contributed by atoms with Gasteiger partial charge < -0.3 is 14.9 Å².